The van der Waals surface area contributed by atoms with E-state index in [0.717, 1.165) is 25.0 Å². The quantitative estimate of drug-likeness (QED) is 0.627. The third-order valence-electron chi connectivity index (χ3n) is 4.59. The maximum Gasteiger partial charge on any atom is 0.416 e. The molecule has 0 radical (unpaired) electrons. The highest BCUT2D eigenvalue weighted by molar-refractivity contribution is 8.00. The van der Waals surface area contributed by atoms with E-state index in [2.05, 4.69) is 4.99 Å². The Labute approximate surface area is 154 Å². The molecule has 2 atom stereocenters. The van der Waals surface area contributed by atoms with E-state index in [-0.39, 0.29) is 22.4 Å². The first kappa shape index (κ1) is 19.2. The van der Waals surface area contributed by atoms with Crippen LogP contribution in [0, 0.1) is 5.92 Å². The summed E-state index contributed by atoms with van der Waals surface area (Å²) in [5.74, 6) is -0.0515. The molecule has 1 aromatic carbocycles. The Morgan fingerprint density at radius 2 is 2.12 bits per heavy atom. The number of amides is 1. The van der Waals surface area contributed by atoms with Gasteiger partial charge in [0.25, 0.3) is 5.91 Å². The van der Waals surface area contributed by atoms with Gasteiger partial charge >= 0.3 is 6.18 Å². The van der Waals surface area contributed by atoms with Crippen molar-refractivity contribution in [3.8, 4) is 0 Å². The van der Waals surface area contributed by atoms with Crippen molar-refractivity contribution in [3.63, 3.8) is 0 Å². The summed E-state index contributed by atoms with van der Waals surface area (Å²) in [7, 11) is 0. The molecule has 2 unspecified atom stereocenters. The lowest BCUT2D eigenvalue weighted by Crippen LogP contribution is -2.43. The molecular formula is C18H21F3N2O2S. The number of nitrogens with zero attached hydrogens (tertiary/aromatic N) is 1. The number of hydrogen-bond acceptors (Lipinski definition) is 3. The number of ether oxygens (including phenoxy) is 1. The molecule has 26 heavy (non-hydrogen) atoms. The Hall–Kier alpha value is -1.54. The predicted molar refractivity (Wildman–Crippen MR) is 94.0 cm³/mol. The Balaban J connectivity index is 1.70. The molecule has 2 N–H and O–H groups in total. The van der Waals surface area contributed by atoms with Crippen molar-refractivity contribution in [2.45, 2.75) is 54.5 Å². The number of carbonyl (C=O) groups excluding carboxylic acids is 1. The summed E-state index contributed by atoms with van der Waals surface area (Å²) in [6.07, 6.45) is -1.99. The maximum absolute atomic E-state index is 12.9. The van der Waals surface area contributed by atoms with Crippen LogP contribution in [0.4, 0.5) is 13.2 Å². The van der Waals surface area contributed by atoms with Crippen molar-refractivity contribution in [2.24, 2.45) is 16.6 Å². The van der Waals surface area contributed by atoms with E-state index in [9.17, 15) is 18.0 Å². The van der Waals surface area contributed by atoms with Crippen LogP contribution >= 0.6 is 11.8 Å². The van der Waals surface area contributed by atoms with Crippen molar-refractivity contribution in [3.05, 3.63) is 29.8 Å². The van der Waals surface area contributed by atoms with Crippen LogP contribution in [-0.4, -0.2) is 29.2 Å². The largest absolute Gasteiger partial charge is 0.416 e. The van der Waals surface area contributed by atoms with Gasteiger partial charge < -0.3 is 10.5 Å². The molecule has 1 heterocycles. The van der Waals surface area contributed by atoms with Crippen molar-refractivity contribution in [1.29, 1.82) is 0 Å². The molecule has 142 valence electrons. The average Bonchev–Trinajstić information content (AvgIpc) is 3.38. The molecule has 0 aromatic heterocycles. The molecular weight excluding hydrogens is 365 g/mol. The highest BCUT2D eigenvalue weighted by atomic mass is 32.2. The zero-order chi connectivity index (χ0) is 18.9. The molecule has 1 aliphatic heterocycles. The number of nitrogens with two attached hydrogens (primary N) is 1. The summed E-state index contributed by atoms with van der Waals surface area (Å²) in [6.45, 7) is 2.39. The summed E-state index contributed by atoms with van der Waals surface area (Å²) in [4.78, 5) is 16.3. The van der Waals surface area contributed by atoms with Gasteiger partial charge in [-0.1, -0.05) is 6.07 Å². The topological polar surface area (TPSA) is 64.7 Å². The Morgan fingerprint density at radius 3 is 2.77 bits per heavy atom. The third-order valence-corrected chi connectivity index (χ3v) is 5.94. The van der Waals surface area contributed by atoms with Gasteiger partial charge in [-0.15, -0.1) is 11.8 Å². The summed E-state index contributed by atoms with van der Waals surface area (Å²) in [6, 6.07) is 5.31. The maximum atomic E-state index is 12.9. The smallest absolute Gasteiger partial charge is 0.385 e. The molecule has 2 fully saturated rings. The second-order valence-corrected chi connectivity index (χ2v) is 8.70. The summed E-state index contributed by atoms with van der Waals surface area (Å²) in [5.41, 5.74) is 5.30. The molecule has 4 nitrogen and oxygen atoms in total. The van der Waals surface area contributed by atoms with Gasteiger partial charge in [0.1, 0.15) is 11.9 Å². The van der Waals surface area contributed by atoms with Crippen LogP contribution in [0.2, 0.25) is 0 Å². The fourth-order valence-electron chi connectivity index (χ4n) is 2.89. The lowest BCUT2D eigenvalue weighted by Gasteiger charge is -2.37. The fourth-order valence-corrected chi connectivity index (χ4v) is 4.22. The zero-order valence-electron chi connectivity index (χ0n) is 14.4. The van der Waals surface area contributed by atoms with Gasteiger partial charge in [-0.05, 0) is 50.8 Å². The molecule has 1 saturated heterocycles. The highest BCUT2D eigenvalue weighted by Gasteiger charge is 2.37. The van der Waals surface area contributed by atoms with Gasteiger partial charge in [-0.3, -0.25) is 4.79 Å². The number of amidine groups is 1. The van der Waals surface area contributed by atoms with Crippen LogP contribution < -0.4 is 5.73 Å². The summed E-state index contributed by atoms with van der Waals surface area (Å²) >= 11 is 1.38. The second-order valence-electron chi connectivity index (χ2n) is 7.04. The first-order valence-corrected chi connectivity index (χ1v) is 9.34. The number of halogens is 3. The van der Waals surface area contributed by atoms with E-state index in [1.54, 1.807) is 6.07 Å². The van der Waals surface area contributed by atoms with E-state index in [0.29, 0.717) is 24.3 Å². The standard InChI is InChI=1S/C18H21F3N2O2S/c1-17(26-13-4-2-3-12(9-13)18(19,20)21)7-8-25-14(10-17)15(22)23-16(24)11-5-6-11/h2-4,9,11,14H,5-8,10H2,1H3,(H2,22,23,24). The SMILES string of the molecule is CC1(Sc2cccc(C(F)(F)F)c2)CCOC(C(N)=NC(=O)C2CC2)C1. The molecule has 0 spiro atoms. The number of benzene rings is 1. The van der Waals surface area contributed by atoms with E-state index in [1.165, 1.54) is 17.8 Å². The molecule has 1 aliphatic carbocycles. The minimum absolute atomic E-state index is 0.0111. The lowest BCUT2D eigenvalue weighted by atomic mass is 9.96. The minimum atomic E-state index is -4.37. The van der Waals surface area contributed by atoms with Crippen LogP contribution in [0.15, 0.2) is 34.2 Å². The number of hydrogen-bond donors (Lipinski definition) is 1. The molecule has 1 saturated carbocycles. The second kappa shape index (κ2) is 7.23. The molecule has 1 aromatic rings. The Bertz CT molecular complexity index is 719. The fraction of sp³-hybridized carbons (Fsp3) is 0.556. The highest BCUT2D eigenvalue weighted by Crippen LogP contribution is 2.43. The van der Waals surface area contributed by atoms with Gasteiger partial charge in [-0.2, -0.15) is 18.2 Å². The van der Waals surface area contributed by atoms with Gasteiger partial charge in [0.2, 0.25) is 0 Å². The molecule has 2 aliphatic rings. The van der Waals surface area contributed by atoms with Crippen molar-refractivity contribution < 1.29 is 22.7 Å². The van der Waals surface area contributed by atoms with Crippen molar-refractivity contribution >= 4 is 23.5 Å². The molecule has 8 heteroatoms. The van der Waals surface area contributed by atoms with E-state index < -0.39 is 17.8 Å². The zero-order valence-corrected chi connectivity index (χ0v) is 15.2. The molecule has 0 bridgehead atoms. The lowest BCUT2D eigenvalue weighted by molar-refractivity contribution is -0.137. The van der Waals surface area contributed by atoms with Gasteiger partial charge in [0.05, 0.1) is 5.56 Å². The number of carbonyl (C=O) groups is 1. The number of aliphatic imine (C=N–C) groups is 1. The van der Waals surface area contributed by atoms with Gasteiger partial charge in [0.15, 0.2) is 0 Å². The van der Waals surface area contributed by atoms with E-state index in [4.69, 9.17) is 10.5 Å². The summed E-state index contributed by atoms with van der Waals surface area (Å²) in [5, 5.41) is 0. The molecule has 1 amide bonds. The van der Waals surface area contributed by atoms with Crippen LogP contribution in [0.1, 0.15) is 38.2 Å². The van der Waals surface area contributed by atoms with Crippen LogP contribution in [0.3, 0.4) is 0 Å². The van der Waals surface area contributed by atoms with Crippen molar-refractivity contribution in [1.82, 2.24) is 0 Å². The number of thioether (sulfide) groups is 1. The first-order valence-electron chi connectivity index (χ1n) is 8.52. The van der Waals surface area contributed by atoms with Crippen LogP contribution in [-0.2, 0) is 15.7 Å². The Morgan fingerprint density at radius 1 is 1.38 bits per heavy atom. The van der Waals surface area contributed by atoms with Crippen LogP contribution in [0.5, 0.6) is 0 Å². The van der Waals surface area contributed by atoms with Crippen molar-refractivity contribution in [2.75, 3.05) is 6.61 Å². The number of alkyl halides is 3. The van der Waals surface area contributed by atoms with Crippen LogP contribution in [0.25, 0.3) is 0 Å². The van der Waals surface area contributed by atoms with E-state index >= 15 is 0 Å². The summed E-state index contributed by atoms with van der Waals surface area (Å²) < 4.78 is 44.0. The normalized spacial score (nSPS) is 27.4. The molecule has 3 rings (SSSR count). The average molecular weight is 386 g/mol. The predicted octanol–water partition coefficient (Wildman–Crippen LogP) is 4.03. The van der Waals surface area contributed by atoms with Gasteiger partial charge in [0, 0.05) is 22.2 Å². The third kappa shape index (κ3) is 4.79. The first-order chi connectivity index (χ1) is 12.2. The monoisotopic (exact) mass is 386 g/mol. The van der Waals surface area contributed by atoms with E-state index in [1.807, 2.05) is 6.92 Å². The number of rotatable bonds is 4. The Kier molecular flexibility index (Phi) is 5.35. The van der Waals surface area contributed by atoms with Gasteiger partial charge in [-0.25, -0.2) is 0 Å². The minimum Gasteiger partial charge on any atom is -0.385 e.